The van der Waals surface area contributed by atoms with E-state index in [1.54, 1.807) is 0 Å². The minimum Gasteiger partial charge on any atom is -0.351 e. The maximum absolute atomic E-state index is 6.05. The number of nitrogens with two attached hydrogens (primary N) is 1. The second-order valence-electron chi connectivity index (χ2n) is 3.55. The van der Waals surface area contributed by atoms with Gasteiger partial charge in [-0.15, -0.1) is 0 Å². The van der Waals surface area contributed by atoms with E-state index in [1.165, 1.54) is 19.3 Å². The van der Waals surface area contributed by atoms with E-state index >= 15 is 0 Å². The summed E-state index contributed by atoms with van der Waals surface area (Å²) in [5, 5.41) is 0. The molecule has 1 unspecified atom stereocenters. The summed E-state index contributed by atoms with van der Waals surface area (Å²) in [7, 11) is 0. The van der Waals surface area contributed by atoms with Crippen molar-refractivity contribution in [3.8, 4) is 0 Å². The lowest BCUT2D eigenvalue weighted by atomic mass is 9.80. The van der Waals surface area contributed by atoms with E-state index in [1.807, 2.05) is 13.8 Å². The summed E-state index contributed by atoms with van der Waals surface area (Å²) < 4.78 is 10.9. The van der Waals surface area contributed by atoms with E-state index in [2.05, 4.69) is 0 Å². The highest BCUT2D eigenvalue weighted by Gasteiger charge is 2.31. The molecule has 13 heavy (non-hydrogen) atoms. The summed E-state index contributed by atoms with van der Waals surface area (Å²) in [6, 6.07) is 0.0636. The molecule has 3 heteroatoms. The van der Waals surface area contributed by atoms with Crippen LogP contribution < -0.4 is 5.73 Å². The molecule has 0 spiro atoms. The van der Waals surface area contributed by atoms with Crippen LogP contribution in [0.5, 0.6) is 0 Å². The second kappa shape index (κ2) is 5.58. The Balaban J connectivity index is 2.32. The van der Waals surface area contributed by atoms with Gasteiger partial charge in [-0.2, -0.15) is 0 Å². The monoisotopic (exact) mass is 187 g/mol. The van der Waals surface area contributed by atoms with Crippen molar-refractivity contribution in [1.82, 2.24) is 0 Å². The standard InChI is InChI=1S/C10H21NO2/c1-3-12-10(13-4-2)9(11)8-6-5-7-8/h8-10H,3-7,11H2,1-2H3. The van der Waals surface area contributed by atoms with Crippen molar-refractivity contribution >= 4 is 0 Å². The first kappa shape index (κ1) is 11.0. The number of rotatable bonds is 6. The van der Waals surface area contributed by atoms with Crippen LogP contribution >= 0.6 is 0 Å². The fourth-order valence-electron chi connectivity index (χ4n) is 1.65. The number of hydrogen-bond acceptors (Lipinski definition) is 3. The van der Waals surface area contributed by atoms with Crippen LogP contribution in [0.4, 0.5) is 0 Å². The summed E-state index contributed by atoms with van der Waals surface area (Å²) in [6.45, 7) is 5.29. The van der Waals surface area contributed by atoms with Gasteiger partial charge in [-0.25, -0.2) is 0 Å². The van der Waals surface area contributed by atoms with Gasteiger partial charge in [-0.05, 0) is 32.6 Å². The van der Waals surface area contributed by atoms with Gasteiger partial charge in [0.25, 0.3) is 0 Å². The highest BCUT2D eigenvalue weighted by atomic mass is 16.7. The Bertz CT molecular complexity index is 131. The molecule has 0 radical (unpaired) electrons. The number of ether oxygens (including phenoxy) is 2. The van der Waals surface area contributed by atoms with E-state index in [-0.39, 0.29) is 12.3 Å². The van der Waals surface area contributed by atoms with Crippen molar-refractivity contribution in [3.63, 3.8) is 0 Å². The Kier molecular flexibility index (Phi) is 4.70. The zero-order valence-corrected chi connectivity index (χ0v) is 8.66. The maximum Gasteiger partial charge on any atom is 0.172 e. The van der Waals surface area contributed by atoms with Gasteiger partial charge in [-0.3, -0.25) is 0 Å². The molecule has 0 heterocycles. The van der Waals surface area contributed by atoms with Crippen LogP contribution in [0.25, 0.3) is 0 Å². The third kappa shape index (κ3) is 2.93. The maximum atomic E-state index is 6.05. The molecule has 0 aromatic rings. The van der Waals surface area contributed by atoms with Crippen LogP contribution in [0.15, 0.2) is 0 Å². The van der Waals surface area contributed by atoms with Gasteiger partial charge in [0, 0.05) is 13.2 Å². The summed E-state index contributed by atoms with van der Waals surface area (Å²) in [6.07, 6.45) is 3.58. The van der Waals surface area contributed by atoms with Gasteiger partial charge >= 0.3 is 0 Å². The minimum absolute atomic E-state index is 0.0636. The quantitative estimate of drug-likeness (QED) is 0.641. The van der Waals surface area contributed by atoms with Crippen molar-refractivity contribution in [2.75, 3.05) is 13.2 Å². The fourth-order valence-corrected chi connectivity index (χ4v) is 1.65. The predicted octanol–water partition coefficient (Wildman–Crippen LogP) is 1.51. The molecule has 0 aromatic carbocycles. The number of hydrogen-bond donors (Lipinski definition) is 1. The van der Waals surface area contributed by atoms with Crippen molar-refractivity contribution < 1.29 is 9.47 Å². The average Bonchev–Trinajstić information content (AvgIpc) is 2.01. The Morgan fingerprint density at radius 1 is 1.23 bits per heavy atom. The van der Waals surface area contributed by atoms with Gasteiger partial charge in [0.15, 0.2) is 6.29 Å². The van der Waals surface area contributed by atoms with Crippen molar-refractivity contribution in [2.24, 2.45) is 11.7 Å². The molecule has 0 aromatic heterocycles. The molecule has 0 bridgehead atoms. The topological polar surface area (TPSA) is 44.5 Å². The van der Waals surface area contributed by atoms with Crippen LogP contribution in [-0.2, 0) is 9.47 Å². The Hall–Kier alpha value is -0.120. The molecule has 1 atom stereocenters. The third-order valence-electron chi connectivity index (χ3n) is 2.67. The zero-order chi connectivity index (χ0) is 9.68. The molecular formula is C10H21NO2. The van der Waals surface area contributed by atoms with Crippen molar-refractivity contribution in [2.45, 2.75) is 45.4 Å². The SMILES string of the molecule is CCOC(OCC)C(N)C1CCC1. The smallest absolute Gasteiger partial charge is 0.172 e. The molecule has 0 amide bonds. The Labute approximate surface area is 80.6 Å². The molecule has 1 fully saturated rings. The predicted molar refractivity (Wildman–Crippen MR) is 52.4 cm³/mol. The largest absolute Gasteiger partial charge is 0.351 e. The van der Waals surface area contributed by atoms with Crippen LogP contribution in [0.3, 0.4) is 0 Å². The van der Waals surface area contributed by atoms with Gasteiger partial charge < -0.3 is 15.2 Å². The Morgan fingerprint density at radius 2 is 1.77 bits per heavy atom. The van der Waals surface area contributed by atoms with Gasteiger partial charge in [0.1, 0.15) is 0 Å². The second-order valence-corrected chi connectivity index (χ2v) is 3.55. The van der Waals surface area contributed by atoms with Crippen LogP contribution in [0.2, 0.25) is 0 Å². The lowest BCUT2D eigenvalue weighted by Crippen LogP contribution is -2.46. The summed E-state index contributed by atoms with van der Waals surface area (Å²) >= 11 is 0. The normalized spacial score (nSPS) is 20.3. The van der Waals surface area contributed by atoms with E-state index in [9.17, 15) is 0 Å². The van der Waals surface area contributed by atoms with E-state index in [4.69, 9.17) is 15.2 Å². The zero-order valence-electron chi connectivity index (χ0n) is 8.66. The molecule has 0 saturated heterocycles. The molecule has 2 N–H and O–H groups in total. The lowest BCUT2D eigenvalue weighted by molar-refractivity contribution is -0.160. The third-order valence-corrected chi connectivity index (χ3v) is 2.67. The van der Waals surface area contributed by atoms with Crippen LogP contribution in [-0.4, -0.2) is 25.5 Å². The highest BCUT2D eigenvalue weighted by Crippen LogP contribution is 2.30. The highest BCUT2D eigenvalue weighted by molar-refractivity contribution is 4.82. The van der Waals surface area contributed by atoms with E-state index in [0.717, 1.165) is 0 Å². The summed E-state index contributed by atoms with van der Waals surface area (Å²) in [5.74, 6) is 0.614. The summed E-state index contributed by atoms with van der Waals surface area (Å²) in [5.41, 5.74) is 6.05. The first-order valence-electron chi connectivity index (χ1n) is 5.28. The van der Waals surface area contributed by atoms with Crippen LogP contribution in [0, 0.1) is 5.92 Å². The first-order chi connectivity index (χ1) is 6.29. The van der Waals surface area contributed by atoms with Crippen LogP contribution in [0.1, 0.15) is 33.1 Å². The molecule has 1 aliphatic rings. The summed E-state index contributed by atoms with van der Waals surface area (Å²) in [4.78, 5) is 0. The fraction of sp³-hybridized carbons (Fsp3) is 1.00. The molecule has 1 rings (SSSR count). The molecule has 1 saturated carbocycles. The lowest BCUT2D eigenvalue weighted by Gasteiger charge is -2.35. The van der Waals surface area contributed by atoms with Gasteiger partial charge in [0.05, 0.1) is 6.04 Å². The van der Waals surface area contributed by atoms with E-state index in [0.29, 0.717) is 19.1 Å². The molecule has 0 aliphatic heterocycles. The molecule has 78 valence electrons. The molecule has 3 nitrogen and oxygen atoms in total. The molecular weight excluding hydrogens is 166 g/mol. The van der Waals surface area contributed by atoms with E-state index < -0.39 is 0 Å². The Morgan fingerprint density at radius 3 is 2.08 bits per heavy atom. The first-order valence-corrected chi connectivity index (χ1v) is 5.28. The van der Waals surface area contributed by atoms with Gasteiger partial charge in [0.2, 0.25) is 0 Å². The van der Waals surface area contributed by atoms with Gasteiger partial charge in [-0.1, -0.05) is 6.42 Å². The van der Waals surface area contributed by atoms with Crippen molar-refractivity contribution in [1.29, 1.82) is 0 Å². The van der Waals surface area contributed by atoms with Crippen molar-refractivity contribution in [3.05, 3.63) is 0 Å². The minimum atomic E-state index is -0.194. The average molecular weight is 187 g/mol. The molecule has 1 aliphatic carbocycles.